The maximum Gasteiger partial charge on any atom is 0.0948 e. The lowest BCUT2D eigenvalue weighted by Gasteiger charge is -2.18. The Hall–Kier alpha value is -0.830. The van der Waals surface area contributed by atoms with E-state index in [2.05, 4.69) is 30.3 Å². The molecule has 2 atom stereocenters. The summed E-state index contributed by atoms with van der Waals surface area (Å²) in [4.78, 5) is 4.14. The molecule has 0 amide bonds. The number of imidazole rings is 1. The molecule has 0 saturated carbocycles. The average Bonchev–Trinajstić information content (AvgIpc) is 2.52. The largest absolute Gasteiger partial charge is 0.333 e. The SMILES string of the molecule is CC(N)c1cncn1CC(C)C(C)C. The number of nitrogens with two attached hydrogens (primary N) is 1. The van der Waals surface area contributed by atoms with E-state index in [-0.39, 0.29) is 6.04 Å². The number of rotatable bonds is 4. The highest BCUT2D eigenvalue weighted by Gasteiger charge is 2.11. The molecule has 1 heterocycles. The van der Waals surface area contributed by atoms with Gasteiger partial charge >= 0.3 is 0 Å². The summed E-state index contributed by atoms with van der Waals surface area (Å²) < 4.78 is 2.16. The molecule has 1 aromatic rings. The molecule has 0 aliphatic rings. The lowest BCUT2D eigenvalue weighted by Crippen LogP contribution is -2.17. The summed E-state index contributed by atoms with van der Waals surface area (Å²) in [5.41, 5.74) is 6.97. The molecule has 0 aliphatic heterocycles. The van der Waals surface area contributed by atoms with Crippen molar-refractivity contribution in [3.8, 4) is 0 Å². The zero-order chi connectivity index (χ0) is 10.7. The van der Waals surface area contributed by atoms with Gasteiger partial charge in [-0.1, -0.05) is 20.8 Å². The van der Waals surface area contributed by atoms with Crippen molar-refractivity contribution in [2.75, 3.05) is 0 Å². The van der Waals surface area contributed by atoms with E-state index < -0.39 is 0 Å². The predicted molar refractivity (Wildman–Crippen MR) is 58.8 cm³/mol. The molecule has 80 valence electrons. The third-order valence-electron chi connectivity index (χ3n) is 2.83. The Morgan fingerprint density at radius 1 is 1.36 bits per heavy atom. The molecule has 2 N–H and O–H groups in total. The first-order chi connectivity index (χ1) is 6.52. The van der Waals surface area contributed by atoms with Crippen LogP contribution in [0.3, 0.4) is 0 Å². The minimum Gasteiger partial charge on any atom is -0.333 e. The van der Waals surface area contributed by atoms with Gasteiger partial charge < -0.3 is 10.3 Å². The van der Waals surface area contributed by atoms with Crippen molar-refractivity contribution >= 4 is 0 Å². The number of hydrogen-bond donors (Lipinski definition) is 1. The summed E-state index contributed by atoms with van der Waals surface area (Å²) >= 11 is 0. The van der Waals surface area contributed by atoms with E-state index in [9.17, 15) is 0 Å². The fraction of sp³-hybridized carbons (Fsp3) is 0.727. The second-order valence-corrected chi connectivity index (χ2v) is 4.48. The van der Waals surface area contributed by atoms with Crippen LogP contribution in [0.15, 0.2) is 12.5 Å². The summed E-state index contributed by atoms with van der Waals surface area (Å²) in [6, 6.07) is 0.0665. The Kier molecular flexibility index (Phi) is 3.69. The standard InChI is InChI=1S/C11H21N3/c1-8(2)9(3)6-14-7-13-5-11(14)10(4)12/h5,7-10H,6,12H2,1-4H3. The van der Waals surface area contributed by atoms with Crippen molar-refractivity contribution in [3.05, 3.63) is 18.2 Å². The number of aromatic nitrogens is 2. The van der Waals surface area contributed by atoms with Gasteiger partial charge in [0.25, 0.3) is 0 Å². The van der Waals surface area contributed by atoms with E-state index in [0.29, 0.717) is 11.8 Å². The van der Waals surface area contributed by atoms with Crippen LogP contribution in [0.2, 0.25) is 0 Å². The van der Waals surface area contributed by atoms with E-state index in [0.717, 1.165) is 12.2 Å². The highest BCUT2D eigenvalue weighted by atomic mass is 15.1. The van der Waals surface area contributed by atoms with E-state index in [1.54, 1.807) is 0 Å². The van der Waals surface area contributed by atoms with Gasteiger partial charge in [-0.3, -0.25) is 0 Å². The van der Waals surface area contributed by atoms with E-state index in [4.69, 9.17) is 5.73 Å². The summed E-state index contributed by atoms with van der Waals surface area (Å²) in [5, 5.41) is 0. The molecule has 0 aromatic carbocycles. The molecule has 14 heavy (non-hydrogen) atoms. The minimum atomic E-state index is 0.0665. The normalized spacial score (nSPS) is 15.9. The topological polar surface area (TPSA) is 43.8 Å². The van der Waals surface area contributed by atoms with Gasteiger partial charge in [0, 0.05) is 18.8 Å². The molecule has 2 unspecified atom stereocenters. The fourth-order valence-electron chi connectivity index (χ4n) is 1.38. The Labute approximate surface area is 86.3 Å². The number of nitrogens with zero attached hydrogens (tertiary/aromatic N) is 2. The van der Waals surface area contributed by atoms with Crippen LogP contribution in [-0.4, -0.2) is 9.55 Å². The summed E-state index contributed by atoms with van der Waals surface area (Å²) in [6.07, 6.45) is 3.73. The average molecular weight is 195 g/mol. The fourth-order valence-corrected chi connectivity index (χ4v) is 1.38. The first-order valence-corrected chi connectivity index (χ1v) is 5.28. The molecular weight excluding hydrogens is 174 g/mol. The summed E-state index contributed by atoms with van der Waals surface area (Å²) in [5.74, 6) is 1.35. The molecule has 3 nitrogen and oxygen atoms in total. The smallest absolute Gasteiger partial charge is 0.0948 e. The zero-order valence-corrected chi connectivity index (χ0v) is 9.57. The highest BCUT2D eigenvalue weighted by Crippen LogP contribution is 2.16. The van der Waals surface area contributed by atoms with Gasteiger partial charge in [0.15, 0.2) is 0 Å². The van der Waals surface area contributed by atoms with Crippen LogP contribution in [0, 0.1) is 11.8 Å². The first kappa shape index (κ1) is 11.2. The quantitative estimate of drug-likeness (QED) is 0.800. The van der Waals surface area contributed by atoms with Gasteiger partial charge in [0.05, 0.1) is 12.0 Å². The molecule has 1 rings (SSSR count). The molecule has 0 aliphatic carbocycles. The van der Waals surface area contributed by atoms with Crippen LogP contribution >= 0.6 is 0 Å². The van der Waals surface area contributed by atoms with Crippen molar-refractivity contribution < 1.29 is 0 Å². The van der Waals surface area contributed by atoms with Crippen LogP contribution in [0.1, 0.15) is 39.4 Å². The van der Waals surface area contributed by atoms with Gasteiger partial charge in [-0.25, -0.2) is 4.98 Å². The van der Waals surface area contributed by atoms with Crippen molar-refractivity contribution in [3.63, 3.8) is 0 Å². The van der Waals surface area contributed by atoms with Crippen LogP contribution in [0.4, 0.5) is 0 Å². The van der Waals surface area contributed by atoms with E-state index >= 15 is 0 Å². The van der Waals surface area contributed by atoms with Gasteiger partial charge in [-0.2, -0.15) is 0 Å². The van der Waals surface area contributed by atoms with Crippen molar-refractivity contribution in [1.29, 1.82) is 0 Å². The highest BCUT2D eigenvalue weighted by molar-refractivity contribution is 5.03. The molecule has 3 heteroatoms. The molecule has 0 bridgehead atoms. The van der Waals surface area contributed by atoms with E-state index in [1.165, 1.54) is 0 Å². The monoisotopic (exact) mass is 195 g/mol. The number of hydrogen-bond acceptors (Lipinski definition) is 2. The van der Waals surface area contributed by atoms with Gasteiger partial charge in [-0.15, -0.1) is 0 Å². The first-order valence-electron chi connectivity index (χ1n) is 5.28. The predicted octanol–water partition coefficient (Wildman–Crippen LogP) is 2.19. The third kappa shape index (κ3) is 2.58. The van der Waals surface area contributed by atoms with Gasteiger partial charge in [0.2, 0.25) is 0 Å². The van der Waals surface area contributed by atoms with Crippen LogP contribution in [-0.2, 0) is 6.54 Å². The van der Waals surface area contributed by atoms with Crippen molar-refractivity contribution in [1.82, 2.24) is 9.55 Å². The Bertz CT molecular complexity index is 276. The van der Waals surface area contributed by atoms with Gasteiger partial charge in [0.1, 0.15) is 0 Å². The molecule has 0 fully saturated rings. The zero-order valence-electron chi connectivity index (χ0n) is 9.57. The van der Waals surface area contributed by atoms with Crippen LogP contribution in [0.5, 0.6) is 0 Å². The Balaban J connectivity index is 2.71. The summed E-state index contributed by atoms with van der Waals surface area (Å²) in [7, 11) is 0. The molecule has 0 spiro atoms. The molecule has 1 aromatic heterocycles. The second-order valence-electron chi connectivity index (χ2n) is 4.48. The van der Waals surface area contributed by atoms with E-state index in [1.807, 2.05) is 19.4 Å². The Morgan fingerprint density at radius 2 is 2.00 bits per heavy atom. The van der Waals surface area contributed by atoms with Crippen LogP contribution < -0.4 is 5.73 Å². The molecule has 0 radical (unpaired) electrons. The maximum absolute atomic E-state index is 5.85. The minimum absolute atomic E-state index is 0.0665. The van der Waals surface area contributed by atoms with Crippen molar-refractivity contribution in [2.24, 2.45) is 17.6 Å². The van der Waals surface area contributed by atoms with Crippen LogP contribution in [0.25, 0.3) is 0 Å². The van der Waals surface area contributed by atoms with Gasteiger partial charge in [-0.05, 0) is 18.8 Å². The Morgan fingerprint density at radius 3 is 2.50 bits per heavy atom. The third-order valence-corrected chi connectivity index (χ3v) is 2.83. The van der Waals surface area contributed by atoms with Crippen molar-refractivity contribution in [2.45, 2.75) is 40.3 Å². The second kappa shape index (κ2) is 4.60. The lowest BCUT2D eigenvalue weighted by molar-refractivity contribution is 0.358. The molecular formula is C11H21N3. The molecule has 0 saturated heterocycles. The maximum atomic E-state index is 5.85. The lowest BCUT2D eigenvalue weighted by atomic mass is 9.98. The summed E-state index contributed by atoms with van der Waals surface area (Å²) in [6.45, 7) is 9.75.